The van der Waals surface area contributed by atoms with Gasteiger partial charge in [0, 0.05) is 12.1 Å². The molecule has 0 saturated heterocycles. The topological polar surface area (TPSA) is 64.6 Å². The number of halogens is 1. The molecular weight excluding hydrogens is 345 g/mol. The summed E-state index contributed by atoms with van der Waals surface area (Å²) in [7, 11) is -2.14. The molecule has 0 amide bonds. The number of benzene rings is 2. The monoisotopic (exact) mass is 367 g/mol. The van der Waals surface area contributed by atoms with Crippen LogP contribution in [0.3, 0.4) is 0 Å². The van der Waals surface area contributed by atoms with Gasteiger partial charge in [0.15, 0.2) is 11.5 Å². The van der Waals surface area contributed by atoms with Crippen molar-refractivity contribution in [1.82, 2.24) is 4.72 Å². The van der Waals surface area contributed by atoms with Crippen LogP contribution in [-0.4, -0.2) is 21.6 Å². The number of sulfonamides is 1. The number of methoxy groups -OCH3 is 1. The summed E-state index contributed by atoms with van der Waals surface area (Å²) in [4.78, 5) is 0. The second kappa shape index (κ2) is 8.31. The first-order valence-corrected chi connectivity index (χ1v) is 9.50. The van der Waals surface area contributed by atoms with E-state index in [0.29, 0.717) is 17.1 Å². The molecule has 5 nitrogen and oxygen atoms in total. The molecule has 0 aliphatic carbocycles. The second-order valence-electron chi connectivity index (χ2n) is 5.82. The zero-order chi connectivity index (χ0) is 18.4. The summed E-state index contributed by atoms with van der Waals surface area (Å²) < 4.78 is 51.3. The number of hydrogen-bond acceptors (Lipinski definition) is 4. The van der Waals surface area contributed by atoms with Crippen LogP contribution in [0.4, 0.5) is 4.39 Å². The van der Waals surface area contributed by atoms with E-state index in [-0.39, 0.29) is 18.2 Å². The molecule has 0 saturated carbocycles. The van der Waals surface area contributed by atoms with Crippen molar-refractivity contribution in [2.45, 2.75) is 32.2 Å². The van der Waals surface area contributed by atoms with E-state index in [0.717, 1.165) is 0 Å². The molecule has 0 unspecified atom stereocenters. The number of rotatable bonds is 8. The highest BCUT2D eigenvalue weighted by Gasteiger charge is 2.15. The smallest absolute Gasteiger partial charge is 0.216 e. The average molecular weight is 367 g/mol. The highest BCUT2D eigenvalue weighted by molar-refractivity contribution is 7.88. The van der Waals surface area contributed by atoms with Crippen LogP contribution in [0.25, 0.3) is 0 Å². The van der Waals surface area contributed by atoms with Crippen LogP contribution >= 0.6 is 0 Å². The molecule has 0 spiro atoms. The lowest BCUT2D eigenvalue weighted by molar-refractivity contribution is 0.230. The summed E-state index contributed by atoms with van der Waals surface area (Å²) in [5.74, 6) is 0.172. The first-order chi connectivity index (χ1) is 11.8. The van der Waals surface area contributed by atoms with E-state index in [9.17, 15) is 12.8 Å². The van der Waals surface area contributed by atoms with E-state index in [4.69, 9.17) is 9.47 Å². The predicted molar refractivity (Wildman–Crippen MR) is 94.6 cm³/mol. The minimum absolute atomic E-state index is 0.000906. The Morgan fingerprint density at radius 2 is 1.84 bits per heavy atom. The van der Waals surface area contributed by atoms with Crippen molar-refractivity contribution in [2.75, 3.05) is 7.11 Å². The van der Waals surface area contributed by atoms with E-state index < -0.39 is 21.6 Å². The molecule has 2 aromatic rings. The van der Waals surface area contributed by atoms with Crippen LogP contribution in [0.15, 0.2) is 42.5 Å². The fraction of sp³-hybridized carbons (Fsp3) is 0.333. The van der Waals surface area contributed by atoms with Crippen molar-refractivity contribution in [2.24, 2.45) is 0 Å². The molecule has 0 bridgehead atoms. The van der Waals surface area contributed by atoms with Crippen LogP contribution in [0, 0.1) is 5.82 Å². The minimum atomic E-state index is -3.67. The molecule has 0 radical (unpaired) electrons. The number of ether oxygens (including phenoxy) is 2. The molecule has 136 valence electrons. The standard InChI is InChI=1S/C18H22FNO4S/c1-13(2)24-17-9-8-14(10-18(17)23-3)11-20-25(21,22)12-15-6-4-5-7-16(15)19/h4-10,13,20H,11-12H2,1-3H3. The van der Waals surface area contributed by atoms with E-state index in [2.05, 4.69) is 4.72 Å². The zero-order valence-electron chi connectivity index (χ0n) is 14.5. The van der Waals surface area contributed by atoms with Crippen molar-refractivity contribution in [3.8, 4) is 11.5 Å². The van der Waals surface area contributed by atoms with Crippen molar-refractivity contribution < 1.29 is 22.3 Å². The first-order valence-electron chi connectivity index (χ1n) is 7.85. The highest BCUT2D eigenvalue weighted by Crippen LogP contribution is 2.29. The predicted octanol–water partition coefficient (Wildman–Crippen LogP) is 3.24. The normalized spacial score (nSPS) is 11.6. The van der Waals surface area contributed by atoms with Gasteiger partial charge in [-0.1, -0.05) is 24.3 Å². The summed E-state index contributed by atoms with van der Waals surface area (Å²) >= 11 is 0. The lowest BCUT2D eigenvalue weighted by atomic mass is 10.2. The average Bonchev–Trinajstić information content (AvgIpc) is 2.55. The van der Waals surface area contributed by atoms with Crippen LogP contribution in [0.1, 0.15) is 25.0 Å². The third-order valence-corrected chi connectivity index (χ3v) is 4.67. The summed E-state index contributed by atoms with van der Waals surface area (Å²) in [6, 6.07) is 11.0. The maximum Gasteiger partial charge on any atom is 0.216 e. The van der Waals surface area contributed by atoms with Gasteiger partial charge in [0.05, 0.1) is 19.0 Å². The maximum atomic E-state index is 13.6. The Labute approximate surface area is 147 Å². The molecular formula is C18H22FNO4S. The van der Waals surface area contributed by atoms with Crippen molar-refractivity contribution in [1.29, 1.82) is 0 Å². The van der Waals surface area contributed by atoms with Crippen molar-refractivity contribution in [3.63, 3.8) is 0 Å². The van der Waals surface area contributed by atoms with Gasteiger partial charge in [-0.05, 0) is 37.6 Å². The molecule has 0 aromatic heterocycles. The summed E-state index contributed by atoms with van der Waals surface area (Å²) in [6.07, 6.45) is -0.000906. The molecule has 0 aliphatic rings. The summed E-state index contributed by atoms with van der Waals surface area (Å²) in [5.41, 5.74) is 0.846. The third-order valence-electron chi connectivity index (χ3n) is 3.39. The van der Waals surface area contributed by atoms with Gasteiger partial charge in [0.25, 0.3) is 0 Å². The summed E-state index contributed by atoms with van der Waals surface area (Å²) in [6.45, 7) is 3.89. The van der Waals surface area contributed by atoms with Gasteiger partial charge in [-0.25, -0.2) is 17.5 Å². The van der Waals surface area contributed by atoms with Crippen LogP contribution in [-0.2, 0) is 22.3 Å². The highest BCUT2D eigenvalue weighted by atomic mass is 32.2. The molecule has 0 fully saturated rings. The lowest BCUT2D eigenvalue weighted by Gasteiger charge is -2.15. The lowest BCUT2D eigenvalue weighted by Crippen LogP contribution is -2.25. The molecule has 2 aromatic carbocycles. The molecule has 1 N–H and O–H groups in total. The van der Waals surface area contributed by atoms with Gasteiger partial charge in [0.2, 0.25) is 10.0 Å². The number of nitrogens with one attached hydrogen (secondary N) is 1. The van der Waals surface area contributed by atoms with Gasteiger partial charge in [0.1, 0.15) is 5.82 Å². The zero-order valence-corrected chi connectivity index (χ0v) is 15.3. The molecule has 0 aliphatic heterocycles. The largest absolute Gasteiger partial charge is 0.493 e. The van der Waals surface area contributed by atoms with Gasteiger partial charge in [-0.15, -0.1) is 0 Å². The third kappa shape index (κ3) is 5.72. The van der Waals surface area contributed by atoms with E-state index in [1.807, 2.05) is 13.8 Å². The Hall–Kier alpha value is -2.12. The van der Waals surface area contributed by atoms with Crippen LogP contribution in [0.5, 0.6) is 11.5 Å². The Kier molecular flexibility index (Phi) is 6.39. The molecule has 0 atom stereocenters. The van der Waals surface area contributed by atoms with Crippen molar-refractivity contribution >= 4 is 10.0 Å². The first kappa shape index (κ1) is 19.2. The minimum Gasteiger partial charge on any atom is -0.493 e. The van der Waals surface area contributed by atoms with Gasteiger partial charge in [-0.3, -0.25) is 0 Å². The molecule has 2 rings (SSSR count). The molecule has 7 heteroatoms. The van der Waals surface area contributed by atoms with Crippen molar-refractivity contribution in [3.05, 3.63) is 59.4 Å². The Morgan fingerprint density at radius 3 is 2.48 bits per heavy atom. The van der Waals surface area contributed by atoms with E-state index >= 15 is 0 Å². The van der Waals surface area contributed by atoms with Gasteiger partial charge >= 0.3 is 0 Å². The van der Waals surface area contributed by atoms with E-state index in [1.54, 1.807) is 24.3 Å². The quantitative estimate of drug-likeness (QED) is 0.778. The fourth-order valence-electron chi connectivity index (χ4n) is 2.24. The van der Waals surface area contributed by atoms with E-state index in [1.165, 1.54) is 25.3 Å². The van der Waals surface area contributed by atoms with Gasteiger partial charge < -0.3 is 9.47 Å². The fourth-order valence-corrected chi connectivity index (χ4v) is 3.37. The Balaban J connectivity index is 2.06. The van der Waals surface area contributed by atoms with Crippen LogP contribution in [0.2, 0.25) is 0 Å². The van der Waals surface area contributed by atoms with Gasteiger partial charge in [-0.2, -0.15) is 0 Å². The maximum absolute atomic E-state index is 13.6. The Morgan fingerprint density at radius 1 is 1.12 bits per heavy atom. The Bertz CT molecular complexity index is 822. The van der Waals surface area contributed by atoms with Crippen LogP contribution < -0.4 is 14.2 Å². The molecule has 0 heterocycles. The summed E-state index contributed by atoms with van der Waals surface area (Å²) in [5, 5.41) is 0. The number of hydrogen-bond donors (Lipinski definition) is 1. The second-order valence-corrected chi connectivity index (χ2v) is 7.63. The molecule has 25 heavy (non-hydrogen) atoms. The SMILES string of the molecule is COc1cc(CNS(=O)(=O)Cc2ccccc2F)ccc1OC(C)C.